The first-order chi connectivity index (χ1) is 16.9. The Labute approximate surface area is 202 Å². The van der Waals surface area contributed by atoms with Crippen molar-refractivity contribution in [2.75, 3.05) is 38.1 Å². The summed E-state index contributed by atoms with van der Waals surface area (Å²) in [7, 11) is 1.60. The Balaban J connectivity index is 1.17. The number of amides is 1. The number of pyridine rings is 1. The van der Waals surface area contributed by atoms with Crippen molar-refractivity contribution in [1.82, 2.24) is 25.2 Å². The van der Waals surface area contributed by atoms with Crippen LogP contribution in [0.25, 0.3) is 10.9 Å². The van der Waals surface area contributed by atoms with Gasteiger partial charge in [0.05, 0.1) is 22.8 Å². The predicted molar refractivity (Wildman–Crippen MR) is 131 cm³/mol. The molecule has 1 aromatic carbocycles. The first-order valence-electron chi connectivity index (χ1n) is 12.3. The first kappa shape index (κ1) is 22.2. The van der Waals surface area contributed by atoms with Crippen molar-refractivity contribution in [3.05, 3.63) is 64.2 Å². The van der Waals surface area contributed by atoms with Gasteiger partial charge < -0.3 is 15.2 Å². The van der Waals surface area contributed by atoms with Crippen molar-refractivity contribution in [1.29, 1.82) is 0 Å². The minimum Gasteiger partial charge on any atom is -0.368 e. The number of halogens is 1. The van der Waals surface area contributed by atoms with Crippen LogP contribution in [0.5, 0.6) is 0 Å². The number of piperazine rings is 1. The lowest BCUT2D eigenvalue weighted by molar-refractivity contribution is 0.0878. The van der Waals surface area contributed by atoms with E-state index in [4.69, 9.17) is 4.98 Å². The van der Waals surface area contributed by atoms with Gasteiger partial charge in [-0.05, 0) is 62.4 Å². The maximum absolute atomic E-state index is 13.6. The third-order valence-electron chi connectivity index (χ3n) is 8.50. The van der Waals surface area contributed by atoms with E-state index in [1.54, 1.807) is 25.4 Å². The summed E-state index contributed by atoms with van der Waals surface area (Å²) in [4.78, 5) is 41.5. The number of hydrogen-bond donors (Lipinski definition) is 2. The van der Waals surface area contributed by atoms with Crippen molar-refractivity contribution in [3.63, 3.8) is 0 Å². The Bertz CT molecular complexity index is 1340. The smallest absolute Gasteiger partial charge is 0.269 e. The molecule has 9 heteroatoms. The number of nitrogens with zero attached hydrogens (tertiary/aromatic N) is 4. The van der Waals surface area contributed by atoms with Crippen LogP contribution in [-0.2, 0) is 5.41 Å². The summed E-state index contributed by atoms with van der Waals surface area (Å²) in [6, 6.07) is 7.97. The molecule has 182 valence electrons. The van der Waals surface area contributed by atoms with Crippen molar-refractivity contribution in [2.24, 2.45) is 0 Å². The molecule has 2 aromatic heterocycles. The van der Waals surface area contributed by atoms with E-state index in [2.05, 4.69) is 25.1 Å². The lowest BCUT2D eigenvalue weighted by atomic mass is 9.83. The van der Waals surface area contributed by atoms with E-state index in [-0.39, 0.29) is 22.4 Å². The van der Waals surface area contributed by atoms with Gasteiger partial charge in [-0.2, -0.15) is 0 Å². The van der Waals surface area contributed by atoms with Crippen molar-refractivity contribution in [2.45, 2.75) is 43.1 Å². The number of H-pyrrole nitrogens is 1. The second kappa shape index (κ2) is 8.12. The largest absolute Gasteiger partial charge is 0.368 e. The number of carbonyl (C=O) groups is 1. The zero-order chi connectivity index (χ0) is 24.2. The van der Waals surface area contributed by atoms with Crippen molar-refractivity contribution >= 4 is 22.5 Å². The summed E-state index contributed by atoms with van der Waals surface area (Å²) in [6.07, 6.45) is 6.99. The molecule has 3 aliphatic rings. The number of hydrogen-bond acceptors (Lipinski definition) is 6. The summed E-state index contributed by atoms with van der Waals surface area (Å²) in [5.41, 5.74) is 1.80. The average molecular weight is 477 g/mol. The van der Waals surface area contributed by atoms with Gasteiger partial charge in [0, 0.05) is 44.2 Å². The van der Waals surface area contributed by atoms with E-state index < -0.39 is 5.82 Å². The molecule has 1 saturated heterocycles. The zero-order valence-electron chi connectivity index (χ0n) is 19.8. The molecule has 2 aliphatic carbocycles. The predicted octanol–water partition coefficient (Wildman–Crippen LogP) is 2.59. The highest BCUT2D eigenvalue weighted by molar-refractivity contribution is 5.92. The molecule has 2 bridgehead atoms. The average Bonchev–Trinajstić information content (AvgIpc) is 3.48. The molecule has 3 aromatic rings. The van der Waals surface area contributed by atoms with Gasteiger partial charge in [-0.1, -0.05) is 0 Å². The van der Waals surface area contributed by atoms with E-state index in [0.29, 0.717) is 16.6 Å². The van der Waals surface area contributed by atoms with Crippen molar-refractivity contribution < 1.29 is 9.18 Å². The van der Waals surface area contributed by atoms with E-state index in [9.17, 15) is 14.0 Å². The second-order valence-electron chi connectivity index (χ2n) is 10.2. The number of nitrogens with one attached hydrogen (secondary N) is 2. The van der Waals surface area contributed by atoms with Crippen LogP contribution in [0, 0.1) is 5.82 Å². The van der Waals surface area contributed by atoms with Crippen LogP contribution >= 0.6 is 0 Å². The van der Waals surface area contributed by atoms with E-state index >= 15 is 0 Å². The molecule has 0 radical (unpaired) electrons. The minimum atomic E-state index is -0.422. The van der Waals surface area contributed by atoms with Crippen LogP contribution < -0.4 is 15.8 Å². The molecular formula is C26H29FN6O2. The Morgan fingerprint density at radius 2 is 1.86 bits per heavy atom. The lowest BCUT2D eigenvalue weighted by Gasteiger charge is -2.45. The van der Waals surface area contributed by atoms with Crippen LogP contribution in [0.2, 0.25) is 0 Å². The minimum absolute atomic E-state index is 0.113. The van der Waals surface area contributed by atoms with Crippen LogP contribution in [-0.4, -0.2) is 64.5 Å². The zero-order valence-corrected chi connectivity index (χ0v) is 19.8. The van der Waals surface area contributed by atoms with Crippen molar-refractivity contribution in [3.8, 4) is 0 Å². The van der Waals surface area contributed by atoms with E-state index in [0.717, 1.165) is 69.8 Å². The normalized spacial score (nSPS) is 26.4. The quantitative estimate of drug-likeness (QED) is 0.601. The molecule has 0 unspecified atom stereocenters. The summed E-state index contributed by atoms with van der Waals surface area (Å²) >= 11 is 0. The first-order valence-corrected chi connectivity index (χ1v) is 12.3. The van der Waals surface area contributed by atoms with E-state index in [1.165, 1.54) is 12.1 Å². The standard InChI is InChI=1S/C26H29FN6O2/c1-28-23(35)21-5-3-18(15-29-21)32-10-12-33(13-11-32)26-8-6-25(16-26,7-9-26)24-30-20-4-2-17(27)14-19(20)22(34)31-24/h2-5,14-15H,6-13,16H2,1H3,(H,28,35)(H,30,31,34). The second-order valence-corrected chi connectivity index (χ2v) is 10.2. The van der Waals surface area contributed by atoms with Gasteiger partial charge in [-0.25, -0.2) is 14.4 Å². The SMILES string of the molecule is CNC(=O)c1ccc(N2CCN(C34CCC(c5nc6ccc(F)cc6c(=O)[nH]5)(CC3)C4)CC2)cn1. The van der Waals surface area contributed by atoms with E-state index in [1.807, 2.05) is 6.07 Å². The van der Waals surface area contributed by atoms with Crippen LogP contribution in [0.4, 0.5) is 10.1 Å². The molecule has 2 N–H and O–H groups in total. The number of anilines is 1. The Morgan fingerprint density at radius 1 is 1.09 bits per heavy atom. The summed E-state index contributed by atoms with van der Waals surface area (Å²) in [5.74, 6) is 0.163. The van der Waals surface area contributed by atoms with Gasteiger partial charge in [0.25, 0.3) is 11.5 Å². The molecule has 0 spiro atoms. The van der Waals surface area contributed by atoms with Gasteiger partial charge in [0.15, 0.2) is 0 Å². The molecule has 0 atom stereocenters. The summed E-state index contributed by atoms with van der Waals surface area (Å²) in [5, 5.41) is 2.91. The number of aromatic amines is 1. The van der Waals surface area contributed by atoms with Crippen LogP contribution in [0.15, 0.2) is 41.3 Å². The third kappa shape index (κ3) is 3.60. The number of benzene rings is 1. The maximum atomic E-state index is 13.6. The lowest BCUT2D eigenvalue weighted by Crippen LogP contribution is -2.55. The van der Waals surface area contributed by atoms with Crippen LogP contribution in [0.1, 0.15) is 48.4 Å². The fourth-order valence-electron chi connectivity index (χ4n) is 6.56. The molecule has 3 heterocycles. The van der Waals surface area contributed by atoms with Crippen LogP contribution in [0.3, 0.4) is 0 Å². The third-order valence-corrected chi connectivity index (χ3v) is 8.50. The molecule has 1 amide bonds. The highest BCUT2D eigenvalue weighted by atomic mass is 19.1. The molecule has 1 aliphatic heterocycles. The molecule has 6 rings (SSSR count). The number of fused-ring (bicyclic) bond motifs is 3. The topological polar surface area (TPSA) is 94.2 Å². The summed E-state index contributed by atoms with van der Waals surface area (Å²) in [6.45, 7) is 3.75. The van der Waals surface area contributed by atoms with Gasteiger partial charge in [-0.3, -0.25) is 14.5 Å². The Kier molecular flexibility index (Phi) is 5.14. The molecule has 3 fully saturated rings. The highest BCUT2D eigenvalue weighted by Crippen LogP contribution is 2.59. The number of aromatic nitrogens is 3. The number of rotatable bonds is 4. The van der Waals surface area contributed by atoms with Gasteiger partial charge in [0.2, 0.25) is 0 Å². The number of carbonyl (C=O) groups excluding carboxylic acids is 1. The fraction of sp³-hybridized carbons (Fsp3) is 0.462. The molecule has 8 nitrogen and oxygen atoms in total. The maximum Gasteiger partial charge on any atom is 0.269 e. The van der Waals surface area contributed by atoms with Gasteiger partial charge in [0.1, 0.15) is 17.3 Å². The fourth-order valence-corrected chi connectivity index (χ4v) is 6.56. The van der Waals surface area contributed by atoms with Gasteiger partial charge in [-0.15, -0.1) is 0 Å². The monoisotopic (exact) mass is 476 g/mol. The highest BCUT2D eigenvalue weighted by Gasteiger charge is 2.58. The molecule has 2 saturated carbocycles. The molecule has 35 heavy (non-hydrogen) atoms. The Hall–Kier alpha value is -3.33. The van der Waals surface area contributed by atoms with Gasteiger partial charge >= 0.3 is 0 Å². The molecular weight excluding hydrogens is 447 g/mol. The Morgan fingerprint density at radius 3 is 2.54 bits per heavy atom. The summed E-state index contributed by atoms with van der Waals surface area (Å²) < 4.78 is 13.6.